The van der Waals surface area contributed by atoms with E-state index in [1.165, 1.54) is 0 Å². The number of benzene rings is 1. The predicted octanol–water partition coefficient (Wildman–Crippen LogP) is 3.66. The third-order valence-electron chi connectivity index (χ3n) is 3.29. The van der Waals surface area contributed by atoms with Crippen molar-refractivity contribution < 1.29 is 4.74 Å². The molecule has 2 aromatic rings. The van der Waals surface area contributed by atoms with Gasteiger partial charge in [-0.05, 0) is 29.3 Å². The lowest BCUT2D eigenvalue weighted by Crippen LogP contribution is -2.23. The summed E-state index contributed by atoms with van der Waals surface area (Å²) in [6.45, 7) is 2.18. The van der Waals surface area contributed by atoms with Gasteiger partial charge in [-0.3, -0.25) is 9.88 Å². The molecular formula is C17H18ClN3O. The first kappa shape index (κ1) is 16.3. The molecule has 1 heterocycles. The molecule has 0 spiro atoms. The van der Waals surface area contributed by atoms with Crippen molar-refractivity contribution in [2.75, 3.05) is 13.7 Å². The van der Waals surface area contributed by atoms with Crippen molar-refractivity contribution in [3.8, 4) is 11.8 Å². The highest BCUT2D eigenvalue weighted by molar-refractivity contribution is 6.32. The molecule has 0 aliphatic carbocycles. The largest absolute Gasteiger partial charge is 0.495 e. The Hall–Kier alpha value is -2.09. The van der Waals surface area contributed by atoms with Gasteiger partial charge >= 0.3 is 0 Å². The summed E-state index contributed by atoms with van der Waals surface area (Å²) < 4.78 is 5.17. The second kappa shape index (κ2) is 8.38. The molecule has 1 aromatic heterocycles. The molecule has 0 amide bonds. The summed E-state index contributed by atoms with van der Waals surface area (Å²) in [7, 11) is 1.60. The van der Waals surface area contributed by atoms with Gasteiger partial charge < -0.3 is 4.74 Å². The van der Waals surface area contributed by atoms with E-state index < -0.39 is 0 Å². The van der Waals surface area contributed by atoms with Crippen molar-refractivity contribution in [3.05, 3.63) is 58.9 Å². The van der Waals surface area contributed by atoms with E-state index in [-0.39, 0.29) is 0 Å². The molecule has 0 unspecified atom stereocenters. The highest BCUT2D eigenvalue weighted by Gasteiger charge is 2.09. The highest BCUT2D eigenvalue weighted by Crippen LogP contribution is 2.25. The molecule has 0 N–H and O–H groups in total. The van der Waals surface area contributed by atoms with Crippen LogP contribution in [0.2, 0.25) is 5.02 Å². The molecule has 0 atom stereocenters. The smallest absolute Gasteiger partial charge is 0.137 e. The minimum atomic E-state index is 0.490. The number of hydrogen-bond acceptors (Lipinski definition) is 4. The van der Waals surface area contributed by atoms with Gasteiger partial charge in [0, 0.05) is 38.4 Å². The molecule has 0 saturated carbocycles. The van der Waals surface area contributed by atoms with E-state index in [9.17, 15) is 0 Å². The molecule has 5 heteroatoms. The number of halogens is 1. The molecule has 2 rings (SSSR count). The van der Waals surface area contributed by atoms with Gasteiger partial charge in [0.15, 0.2) is 0 Å². The van der Waals surface area contributed by atoms with Crippen LogP contribution in [0, 0.1) is 11.3 Å². The lowest BCUT2D eigenvalue weighted by atomic mass is 10.1. The van der Waals surface area contributed by atoms with Crippen LogP contribution in [0.5, 0.6) is 5.75 Å². The monoisotopic (exact) mass is 315 g/mol. The van der Waals surface area contributed by atoms with Gasteiger partial charge in [0.2, 0.25) is 0 Å². The van der Waals surface area contributed by atoms with Crippen LogP contribution < -0.4 is 4.74 Å². The minimum absolute atomic E-state index is 0.490. The maximum atomic E-state index is 8.83. The number of nitrogens with zero attached hydrogens (tertiary/aromatic N) is 3. The predicted molar refractivity (Wildman–Crippen MR) is 86.6 cm³/mol. The molecule has 114 valence electrons. The average Bonchev–Trinajstić information content (AvgIpc) is 2.54. The summed E-state index contributed by atoms with van der Waals surface area (Å²) in [6.07, 6.45) is 4.09. The Morgan fingerprint density at radius 3 is 2.73 bits per heavy atom. The molecule has 22 heavy (non-hydrogen) atoms. The maximum Gasteiger partial charge on any atom is 0.137 e. The maximum absolute atomic E-state index is 8.83. The van der Waals surface area contributed by atoms with Gasteiger partial charge in [-0.2, -0.15) is 5.26 Å². The van der Waals surface area contributed by atoms with Crippen molar-refractivity contribution in [2.45, 2.75) is 19.5 Å². The first-order valence-electron chi connectivity index (χ1n) is 7.03. The molecule has 0 aliphatic heterocycles. The van der Waals surface area contributed by atoms with Crippen molar-refractivity contribution in [1.82, 2.24) is 9.88 Å². The standard InChI is InChI=1S/C17H18ClN3O/c1-22-17-6-5-14(10-16(17)18)12-21(9-3-7-19)13-15-4-2-8-20-11-15/h2,4-6,8,10-11H,3,9,12-13H2,1H3. The van der Waals surface area contributed by atoms with Crippen molar-refractivity contribution in [1.29, 1.82) is 5.26 Å². The fourth-order valence-corrected chi connectivity index (χ4v) is 2.52. The second-order valence-electron chi connectivity index (χ2n) is 4.95. The number of pyridine rings is 1. The number of hydrogen-bond donors (Lipinski definition) is 0. The van der Waals surface area contributed by atoms with E-state index in [1.54, 1.807) is 13.3 Å². The fraction of sp³-hybridized carbons (Fsp3) is 0.294. The Morgan fingerprint density at radius 1 is 1.27 bits per heavy atom. The van der Waals surface area contributed by atoms with E-state index in [1.807, 2.05) is 36.5 Å². The summed E-state index contributed by atoms with van der Waals surface area (Å²) in [5.74, 6) is 0.668. The third-order valence-corrected chi connectivity index (χ3v) is 3.59. The zero-order valence-electron chi connectivity index (χ0n) is 12.5. The summed E-state index contributed by atoms with van der Waals surface area (Å²) >= 11 is 6.17. The molecule has 0 radical (unpaired) electrons. The lowest BCUT2D eigenvalue weighted by Gasteiger charge is -2.21. The Bertz CT molecular complexity index is 640. The normalized spacial score (nSPS) is 10.5. The molecule has 0 fully saturated rings. The lowest BCUT2D eigenvalue weighted by molar-refractivity contribution is 0.262. The quantitative estimate of drug-likeness (QED) is 0.782. The van der Waals surface area contributed by atoms with Crippen LogP contribution in [0.4, 0.5) is 0 Å². The van der Waals surface area contributed by atoms with Gasteiger partial charge in [0.1, 0.15) is 5.75 Å². The van der Waals surface area contributed by atoms with E-state index in [0.29, 0.717) is 23.7 Å². The van der Waals surface area contributed by atoms with Crippen molar-refractivity contribution >= 4 is 11.6 Å². The number of rotatable bonds is 7. The van der Waals surface area contributed by atoms with Crippen LogP contribution in [0.1, 0.15) is 17.5 Å². The molecular weight excluding hydrogens is 298 g/mol. The zero-order valence-corrected chi connectivity index (χ0v) is 13.3. The molecule has 1 aromatic carbocycles. The molecule has 0 aliphatic rings. The summed E-state index contributed by atoms with van der Waals surface area (Å²) in [5.41, 5.74) is 2.22. The van der Waals surface area contributed by atoms with Gasteiger partial charge in [0.25, 0.3) is 0 Å². The Labute approximate surface area is 135 Å². The topological polar surface area (TPSA) is 49.1 Å². The number of methoxy groups -OCH3 is 1. The second-order valence-corrected chi connectivity index (χ2v) is 5.36. The van der Waals surface area contributed by atoms with E-state index in [4.69, 9.17) is 21.6 Å². The summed E-state index contributed by atoms with van der Waals surface area (Å²) in [4.78, 5) is 6.34. The first-order valence-corrected chi connectivity index (χ1v) is 7.41. The Balaban J connectivity index is 2.09. The van der Waals surface area contributed by atoms with E-state index in [0.717, 1.165) is 24.2 Å². The third kappa shape index (κ3) is 4.73. The van der Waals surface area contributed by atoms with Gasteiger partial charge in [-0.1, -0.05) is 23.7 Å². The number of ether oxygens (including phenoxy) is 1. The van der Waals surface area contributed by atoms with Crippen LogP contribution in [0.15, 0.2) is 42.7 Å². The highest BCUT2D eigenvalue weighted by atomic mass is 35.5. The van der Waals surface area contributed by atoms with Gasteiger partial charge in [-0.25, -0.2) is 0 Å². The van der Waals surface area contributed by atoms with Crippen LogP contribution in [-0.2, 0) is 13.1 Å². The average molecular weight is 316 g/mol. The minimum Gasteiger partial charge on any atom is -0.495 e. The van der Waals surface area contributed by atoms with Crippen molar-refractivity contribution in [2.24, 2.45) is 0 Å². The Kier molecular flexibility index (Phi) is 6.20. The molecule has 4 nitrogen and oxygen atoms in total. The molecule has 0 bridgehead atoms. The van der Waals surface area contributed by atoms with Crippen LogP contribution in [0.25, 0.3) is 0 Å². The van der Waals surface area contributed by atoms with Crippen LogP contribution >= 0.6 is 11.6 Å². The number of aromatic nitrogens is 1. The SMILES string of the molecule is COc1ccc(CN(CCC#N)Cc2cccnc2)cc1Cl. The van der Waals surface area contributed by atoms with Crippen LogP contribution in [-0.4, -0.2) is 23.5 Å². The van der Waals surface area contributed by atoms with E-state index >= 15 is 0 Å². The van der Waals surface area contributed by atoms with Crippen LogP contribution in [0.3, 0.4) is 0 Å². The molecule has 0 saturated heterocycles. The van der Waals surface area contributed by atoms with E-state index in [2.05, 4.69) is 16.0 Å². The number of nitriles is 1. The summed E-state index contributed by atoms with van der Waals surface area (Å²) in [5, 5.41) is 9.43. The zero-order chi connectivity index (χ0) is 15.8. The first-order chi connectivity index (χ1) is 10.7. The summed E-state index contributed by atoms with van der Waals surface area (Å²) in [6, 6.07) is 11.9. The Morgan fingerprint density at radius 2 is 2.09 bits per heavy atom. The van der Waals surface area contributed by atoms with Crippen molar-refractivity contribution in [3.63, 3.8) is 0 Å². The van der Waals surface area contributed by atoms with Gasteiger partial charge in [-0.15, -0.1) is 0 Å². The van der Waals surface area contributed by atoms with Gasteiger partial charge in [0.05, 0.1) is 18.2 Å². The fourth-order valence-electron chi connectivity index (χ4n) is 2.24.